The number of halogens is 1. The van der Waals surface area contributed by atoms with E-state index in [-0.39, 0.29) is 13.0 Å². The van der Waals surface area contributed by atoms with Gasteiger partial charge in [0, 0.05) is 25.1 Å². The molecule has 1 amide bonds. The third kappa shape index (κ3) is 6.77. The van der Waals surface area contributed by atoms with Crippen molar-refractivity contribution in [3.8, 4) is 17.0 Å². The van der Waals surface area contributed by atoms with Gasteiger partial charge in [-0.1, -0.05) is 38.1 Å². The molecule has 1 aromatic carbocycles. The van der Waals surface area contributed by atoms with Crippen molar-refractivity contribution in [1.82, 2.24) is 14.8 Å². The first-order chi connectivity index (χ1) is 18.6. The van der Waals surface area contributed by atoms with Crippen molar-refractivity contribution in [1.29, 1.82) is 0 Å². The van der Waals surface area contributed by atoms with E-state index in [1.54, 1.807) is 30.2 Å². The van der Waals surface area contributed by atoms with Crippen LogP contribution in [0.25, 0.3) is 11.3 Å². The number of aromatic nitrogens is 1. The van der Waals surface area contributed by atoms with E-state index in [2.05, 4.69) is 9.88 Å². The third-order valence-electron chi connectivity index (χ3n) is 8.71. The molecule has 214 valence electrons. The molecule has 39 heavy (non-hydrogen) atoms. The molecule has 4 N–H and O–H groups in total. The van der Waals surface area contributed by atoms with Gasteiger partial charge in [0.25, 0.3) is 0 Å². The fraction of sp³-hybridized carbons (Fsp3) is 0.600. The number of nitrogens with two attached hydrogens (primary N) is 1. The van der Waals surface area contributed by atoms with Gasteiger partial charge in [-0.05, 0) is 69.3 Å². The fourth-order valence-electron chi connectivity index (χ4n) is 5.72. The molecule has 0 bridgehead atoms. The standard InChI is InChI=1S/C30H43FN4O4/c1-4-30(31,5-2)20-34-14-12-21(13-15-34)19-39-25-10-11-26(33-17-25)22-6-8-23(9-7-22)27(37)35-18-24(36)16-29(35,3)28(32)38/h6-11,17,21,24,27,36-37H,4-5,12-16,18-20H2,1-3H3,(H2,32,38). The first kappa shape index (κ1) is 29.4. The molecular formula is C30H43FN4O4. The Labute approximate surface area is 231 Å². The molecule has 8 nitrogen and oxygen atoms in total. The summed E-state index contributed by atoms with van der Waals surface area (Å²) in [5.74, 6) is 0.593. The van der Waals surface area contributed by atoms with Crippen LogP contribution in [0.3, 0.4) is 0 Å². The highest BCUT2D eigenvalue weighted by molar-refractivity contribution is 5.84. The number of aliphatic hydroxyl groups is 2. The van der Waals surface area contributed by atoms with Crippen molar-refractivity contribution in [3.05, 3.63) is 48.2 Å². The van der Waals surface area contributed by atoms with E-state index in [0.717, 1.165) is 37.2 Å². The number of carbonyl (C=O) groups excluding carboxylic acids is 1. The molecule has 0 spiro atoms. The van der Waals surface area contributed by atoms with E-state index < -0.39 is 29.4 Å². The minimum absolute atomic E-state index is 0.167. The number of rotatable bonds is 11. The number of hydrogen-bond donors (Lipinski definition) is 3. The van der Waals surface area contributed by atoms with Crippen LogP contribution in [0.2, 0.25) is 0 Å². The van der Waals surface area contributed by atoms with Gasteiger partial charge in [-0.2, -0.15) is 0 Å². The number of ether oxygens (including phenoxy) is 1. The topological polar surface area (TPSA) is 112 Å². The van der Waals surface area contributed by atoms with Crippen LogP contribution in [0.15, 0.2) is 42.6 Å². The molecule has 2 aliphatic heterocycles. The van der Waals surface area contributed by atoms with Gasteiger partial charge in [-0.15, -0.1) is 0 Å². The zero-order valence-electron chi connectivity index (χ0n) is 23.4. The fourth-order valence-corrected chi connectivity index (χ4v) is 5.72. The van der Waals surface area contributed by atoms with Gasteiger partial charge in [0.15, 0.2) is 0 Å². The first-order valence-electron chi connectivity index (χ1n) is 14.1. The highest BCUT2D eigenvalue weighted by atomic mass is 19.1. The lowest BCUT2D eigenvalue weighted by atomic mass is 9.94. The number of likely N-dealkylation sites (tertiary alicyclic amines) is 2. The van der Waals surface area contributed by atoms with Crippen LogP contribution in [0, 0.1) is 5.92 Å². The van der Waals surface area contributed by atoms with Crippen molar-refractivity contribution < 1.29 is 24.1 Å². The summed E-state index contributed by atoms with van der Waals surface area (Å²) in [6.45, 7) is 8.62. The smallest absolute Gasteiger partial charge is 0.237 e. The summed E-state index contributed by atoms with van der Waals surface area (Å²) in [5.41, 5.74) is 5.64. The maximum Gasteiger partial charge on any atom is 0.237 e. The molecule has 0 radical (unpaired) electrons. The summed E-state index contributed by atoms with van der Waals surface area (Å²) in [4.78, 5) is 20.4. The van der Waals surface area contributed by atoms with Crippen LogP contribution in [0.4, 0.5) is 4.39 Å². The molecule has 0 aliphatic carbocycles. The van der Waals surface area contributed by atoms with E-state index in [0.29, 0.717) is 43.2 Å². The molecular weight excluding hydrogens is 499 g/mol. The summed E-state index contributed by atoms with van der Waals surface area (Å²) in [6.07, 6.45) is 3.23. The number of nitrogens with zero attached hydrogens (tertiary/aromatic N) is 3. The van der Waals surface area contributed by atoms with Gasteiger partial charge in [0.2, 0.25) is 5.91 Å². The summed E-state index contributed by atoms with van der Waals surface area (Å²) in [6, 6.07) is 11.1. The SMILES string of the molecule is CCC(F)(CC)CN1CCC(COc2ccc(-c3ccc(C(O)N4CC(O)CC4(C)C(N)=O)cc3)nc2)CC1. The van der Waals surface area contributed by atoms with E-state index in [4.69, 9.17) is 10.5 Å². The average molecular weight is 543 g/mol. The number of aliphatic hydroxyl groups excluding tert-OH is 2. The van der Waals surface area contributed by atoms with Crippen molar-refractivity contribution in [2.75, 3.05) is 32.8 Å². The van der Waals surface area contributed by atoms with Crippen LogP contribution in [-0.2, 0) is 4.79 Å². The van der Waals surface area contributed by atoms with E-state index in [9.17, 15) is 19.4 Å². The number of carbonyl (C=O) groups is 1. The maximum absolute atomic E-state index is 14.7. The number of alkyl halides is 1. The Kier molecular flexibility index (Phi) is 9.26. The summed E-state index contributed by atoms with van der Waals surface area (Å²) >= 11 is 0. The second kappa shape index (κ2) is 12.3. The van der Waals surface area contributed by atoms with Crippen LogP contribution in [0.1, 0.15) is 64.7 Å². The summed E-state index contributed by atoms with van der Waals surface area (Å²) in [7, 11) is 0. The summed E-state index contributed by atoms with van der Waals surface area (Å²) in [5, 5.41) is 21.0. The predicted octanol–water partition coefficient (Wildman–Crippen LogP) is 3.67. The minimum Gasteiger partial charge on any atom is -0.492 e. The molecule has 2 saturated heterocycles. The predicted molar refractivity (Wildman–Crippen MR) is 149 cm³/mol. The number of β-amino-alcohol motifs (C(OH)–C–C–N with tert-alkyl or cyclic N) is 1. The van der Waals surface area contributed by atoms with Gasteiger partial charge in [0.1, 0.15) is 23.2 Å². The van der Waals surface area contributed by atoms with Crippen molar-refractivity contribution >= 4 is 5.91 Å². The molecule has 9 heteroatoms. The van der Waals surface area contributed by atoms with Crippen molar-refractivity contribution in [3.63, 3.8) is 0 Å². The normalized spacial score (nSPS) is 24.1. The first-order valence-corrected chi connectivity index (χ1v) is 14.1. The Morgan fingerprint density at radius 1 is 1.21 bits per heavy atom. The molecule has 0 saturated carbocycles. The number of amides is 1. The Bertz CT molecular complexity index is 1090. The van der Waals surface area contributed by atoms with Crippen LogP contribution < -0.4 is 10.5 Å². The molecule has 2 aliphatic rings. The third-order valence-corrected chi connectivity index (χ3v) is 8.71. The molecule has 3 heterocycles. The second-order valence-corrected chi connectivity index (χ2v) is 11.4. The minimum atomic E-state index is -1.11. The van der Waals surface area contributed by atoms with Gasteiger partial charge < -0.3 is 25.6 Å². The second-order valence-electron chi connectivity index (χ2n) is 11.4. The Morgan fingerprint density at radius 2 is 1.87 bits per heavy atom. The number of benzene rings is 1. The maximum atomic E-state index is 14.7. The molecule has 2 fully saturated rings. The van der Waals surface area contributed by atoms with Crippen molar-refractivity contribution in [2.24, 2.45) is 11.7 Å². The highest BCUT2D eigenvalue weighted by Gasteiger charge is 2.48. The Morgan fingerprint density at radius 3 is 2.44 bits per heavy atom. The van der Waals surface area contributed by atoms with Crippen LogP contribution in [0.5, 0.6) is 5.75 Å². The number of hydrogen-bond acceptors (Lipinski definition) is 7. The number of piperidine rings is 1. The van der Waals surface area contributed by atoms with Crippen molar-refractivity contribution in [2.45, 2.75) is 76.4 Å². The van der Waals surface area contributed by atoms with Gasteiger partial charge in [-0.25, -0.2) is 4.39 Å². The zero-order valence-corrected chi connectivity index (χ0v) is 23.4. The van der Waals surface area contributed by atoms with E-state index in [1.807, 2.05) is 38.1 Å². The Balaban J connectivity index is 1.29. The van der Waals surface area contributed by atoms with Gasteiger partial charge >= 0.3 is 0 Å². The zero-order chi connectivity index (χ0) is 28.2. The number of primary amides is 1. The quantitative estimate of drug-likeness (QED) is 0.397. The van der Waals surface area contributed by atoms with Gasteiger partial charge in [-0.3, -0.25) is 14.7 Å². The van der Waals surface area contributed by atoms with E-state index >= 15 is 0 Å². The molecule has 4 rings (SSSR count). The van der Waals surface area contributed by atoms with Crippen LogP contribution >= 0.6 is 0 Å². The Hall–Kier alpha value is -2.59. The molecule has 3 unspecified atom stereocenters. The summed E-state index contributed by atoms with van der Waals surface area (Å²) < 4.78 is 20.8. The van der Waals surface area contributed by atoms with Crippen LogP contribution in [-0.4, -0.2) is 81.0 Å². The van der Waals surface area contributed by atoms with Gasteiger partial charge in [0.05, 0.1) is 24.6 Å². The molecule has 1 aromatic heterocycles. The highest BCUT2D eigenvalue weighted by Crippen LogP contribution is 2.36. The lowest BCUT2D eigenvalue weighted by Gasteiger charge is -2.36. The molecule has 2 aromatic rings. The average Bonchev–Trinajstić information content (AvgIpc) is 3.27. The monoisotopic (exact) mass is 542 g/mol. The molecule has 3 atom stereocenters. The number of pyridine rings is 1. The lowest BCUT2D eigenvalue weighted by Crippen LogP contribution is -2.52. The van der Waals surface area contributed by atoms with E-state index in [1.165, 1.54) is 0 Å². The largest absolute Gasteiger partial charge is 0.492 e. The lowest BCUT2D eigenvalue weighted by molar-refractivity contribution is -0.135.